The second kappa shape index (κ2) is 9.87. The van der Waals surface area contributed by atoms with Gasteiger partial charge in [0, 0.05) is 30.8 Å². The molecule has 0 saturated carbocycles. The van der Waals surface area contributed by atoms with Crippen molar-refractivity contribution in [2.75, 3.05) is 27.9 Å². The second-order valence-electron chi connectivity index (χ2n) is 8.51. The number of hydrogen-bond donors (Lipinski definition) is 3. The monoisotopic (exact) mass is 466 g/mol. The Bertz CT molecular complexity index is 1160. The Morgan fingerprint density at radius 3 is 2.21 bits per heavy atom. The summed E-state index contributed by atoms with van der Waals surface area (Å²) in [5.74, 6) is 0.573. The van der Waals surface area contributed by atoms with Gasteiger partial charge in [-0.1, -0.05) is 44.5 Å². The Labute approximate surface area is 198 Å². The molecule has 0 saturated heterocycles. The summed E-state index contributed by atoms with van der Waals surface area (Å²) in [6.07, 6.45) is 1.49. The van der Waals surface area contributed by atoms with Crippen molar-refractivity contribution in [1.82, 2.24) is 9.97 Å². The van der Waals surface area contributed by atoms with Gasteiger partial charge >= 0.3 is 0 Å². The van der Waals surface area contributed by atoms with Gasteiger partial charge in [-0.25, -0.2) is 4.98 Å². The molecule has 0 aliphatic heterocycles. The standard InChI is InChI=1S/C24H27ClN6O2/c1-15(32)31(5)17-12-10-16(11-13-17)27-23-26-14-18(25)21(30-23)28-19-8-6-7-9-20(19)29-22(33)24(2,3)4/h6-14H,1-5H3,(H,29,33)(H2,26,27,28,30). The molecule has 1 aromatic heterocycles. The van der Waals surface area contributed by atoms with E-state index >= 15 is 0 Å². The first-order chi connectivity index (χ1) is 15.5. The fourth-order valence-electron chi connectivity index (χ4n) is 2.73. The van der Waals surface area contributed by atoms with Crippen LogP contribution in [-0.4, -0.2) is 28.8 Å². The molecule has 0 unspecified atom stereocenters. The number of benzene rings is 2. The molecule has 2 amide bonds. The van der Waals surface area contributed by atoms with Gasteiger partial charge in [-0.2, -0.15) is 4.98 Å². The van der Waals surface area contributed by atoms with E-state index < -0.39 is 5.41 Å². The molecule has 0 aliphatic carbocycles. The first-order valence-corrected chi connectivity index (χ1v) is 10.7. The molecular formula is C24H27ClN6O2. The van der Waals surface area contributed by atoms with E-state index in [9.17, 15) is 9.59 Å². The number of nitrogens with zero attached hydrogens (tertiary/aromatic N) is 3. The highest BCUT2D eigenvalue weighted by molar-refractivity contribution is 6.33. The summed E-state index contributed by atoms with van der Waals surface area (Å²) in [5.41, 5.74) is 2.26. The minimum atomic E-state index is -0.536. The largest absolute Gasteiger partial charge is 0.337 e. The number of amides is 2. The molecule has 0 fully saturated rings. The van der Waals surface area contributed by atoms with Crippen LogP contribution in [0.3, 0.4) is 0 Å². The maximum absolute atomic E-state index is 12.4. The third-order valence-corrected chi connectivity index (χ3v) is 5.11. The zero-order valence-electron chi connectivity index (χ0n) is 19.2. The Balaban J connectivity index is 1.79. The molecule has 8 nitrogen and oxygen atoms in total. The molecule has 3 aromatic rings. The van der Waals surface area contributed by atoms with Gasteiger partial charge in [-0.15, -0.1) is 0 Å². The fourth-order valence-corrected chi connectivity index (χ4v) is 2.87. The van der Waals surface area contributed by atoms with E-state index in [1.807, 2.05) is 63.2 Å². The fraction of sp³-hybridized carbons (Fsp3) is 0.250. The summed E-state index contributed by atoms with van der Waals surface area (Å²) in [6.45, 7) is 7.06. The van der Waals surface area contributed by atoms with Gasteiger partial charge in [0.15, 0.2) is 5.82 Å². The number of para-hydroxylation sites is 2. The van der Waals surface area contributed by atoms with Gasteiger partial charge in [0.05, 0.1) is 17.6 Å². The topological polar surface area (TPSA) is 99.3 Å². The lowest BCUT2D eigenvalue weighted by atomic mass is 9.95. The zero-order chi connectivity index (χ0) is 24.2. The van der Waals surface area contributed by atoms with Crippen molar-refractivity contribution in [2.45, 2.75) is 27.7 Å². The van der Waals surface area contributed by atoms with Crippen molar-refractivity contribution in [3.05, 3.63) is 59.8 Å². The maximum atomic E-state index is 12.4. The average Bonchev–Trinajstić information content (AvgIpc) is 2.76. The molecular weight excluding hydrogens is 440 g/mol. The number of rotatable bonds is 6. The second-order valence-corrected chi connectivity index (χ2v) is 8.92. The molecule has 33 heavy (non-hydrogen) atoms. The Kier molecular flexibility index (Phi) is 7.18. The van der Waals surface area contributed by atoms with E-state index in [0.717, 1.165) is 11.4 Å². The zero-order valence-corrected chi connectivity index (χ0v) is 20.0. The van der Waals surface area contributed by atoms with Gasteiger partial charge in [0.2, 0.25) is 17.8 Å². The van der Waals surface area contributed by atoms with Gasteiger partial charge in [0.1, 0.15) is 5.02 Å². The third kappa shape index (κ3) is 6.20. The normalized spacial score (nSPS) is 11.0. The van der Waals surface area contributed by atoms with E-state index in [2.05, 4.69) is 25.9 Å². The quantitative estimate of drug-likeness (QED) is 0.438. The number of anilines is 6. The highest BCUT2D eigenvalue weighted by Gasteiger charge is 2.22. The summed E-state index contributed by atoms with van der Waals surface area (Å²) in [7, 11) is 1.72. The number of hydrogen-bond acceptors (Lipinski definition) is 6. The highest BCUT2D eigenvalue weighted by Crippen LogP contribution is 2.30. The van der Waals surface area contributed by atoms with Crippen molar-refractivity contribution in [3.63, 3.8) is 0 Å². The number of nitrogens with one attached hydrogen (secondary N) is 3. The van der Waals surface area contributed by atoms with Crippen molar-refractivity contribution in [2.24, 2.45) is 5.41 Å². The number of halogens is 1. The maximum Gasteiger partial charge on any atom is 0.229 e. The molecule has 2 aromatic carbocycles. The Morgan fingerprint density at radius 2 is 1.61 bits per heavy atom. The molecule has 3 N–H and O–H groups in total. The average molecular weight is 467 g/mol. The van der Waals surface area contributed by atoms with Gasteiger partial charge in [0.25, 0.3) is 0 Å². The van der Waals surface area contributed by atoms with Crippen LogP contribution in [0.2, 0.25) is 5.02 Å². The van der Waals surface area contributed by atoms with Crippen LogP contribution >= 0.6 is 11.6 Å². The van der Waals surface area contributed by atoms with E-state index in [1.165, 1.54) is 13.1 Å². The molecule has 3 rings (SSSR count). The van der Waals surface area contributed by atoms with Crippen LogP contribution in [0.5, 0.6) is 0 Å². The lowest BCUT2D eigenvalue weighted by Gasteiger charge is -2.20. The molecule has 9 heteroatoms. The van der Waals surface area contributed by atoms with Crippen LogP contribution in [0.4, 0.5) is 34.5 Å². The van der Waals surface area contributed by atoms with E-state index in [4.69, 9.17) is 11.6 Å². The minimum Gasteiger partial charge on any atom is -0.337 e. The first-order valence-electron chi connectivity index (χ1n) is 10.4. The number of carbonyl (C=O) groups excluding carboxylic acids is 2. The van der Waals surface area contributed by atoms with Crippen molar-refractivity contribution in [3.8, 4) is 0 Å². The molecule has 0 bridgehead atoms. The van der Waals surface area contributed by atoms with Gasteiger partial charge in [-0.05, 0) is 36.4 Å². The van der Waals surface area contributed by atoms with Crippen molar-refractivity contribution < 1.29 is 9.59 Å². The third-order valence-electron chi connectivity index (χ3n) is 4.84. The van der Waals surface area contributed by atoms with Crippen molar-refractivity contribution >= 4 is 57.9 Å². The molecule has 0 atom stereocenters. The Hall–Kier alpha value is -3.65. The SMILES string of the molecule is CC(=O)N(C)c1ccc(Nc2ncc(Cl)c(Nc3ccccc3NC(=O)C(C)(C)C)n2)cc1. The summed E-state index contributed by atoms with van der Waals surface area (Å²) in [6, 6.07) is 14.6. The van der Waals surface area contributed by atoms with Crippen molar-refractivity contribution in [1.29, 1.82) is 0 Å². The Morgan fingerprint density at radius 1 is 0.970 bits per heavy atom. The lowest BCUT2D eigenvalue weighted by Crippen LogP contribution is -2.27. The van der Waals surface area contributed by atoms with Gasteiger partial charge < -0.3 is 20.9 Å². The molecule has 0 radical (unpaired) electrons. The number of aromatic nitrogens is 2. The predicted octanol–water partition coefficient (Wildman–Crippen LogP) is 5.58. The predicted molar refractivity (Wildman–Crippen MR) is 134 cm³/mol. The smallest absolute Gasteiger partial charge is 0.229 e. The van der Waals surface area contributed by atoms with Crippen LogP contribution in [0.15, 0.2) is 54.7 Å². The lowest BCUT2D eigenvalue weighted by molar-refractivity contribution is -0.123. The molecule has 0 spiro atoms. The molecule has 172 valence electrons. The summed E-state index contributed by atoms with van der Waals surface area (Å²) in [5, 5.41) is 9.57. The summed E-state index contributed by atoms with van der Waals surface area (Å²) >= 11 is 6.32. The minimum absolute atomic E-state index is 0.0496. The van der Waals surface area contributed by atoms with Crippen LogP contribution in [0, 0.1) is 5.41 Å². The van der Waals surface area contributed by atoms with Crippen LogP contribution in [-0.2, 0) is 9.59 Å². The van der Waals surface area contributed by atoms with Gasteiger partial charge in [-0.3, -0.25) is 9.59 Å². The van der Waals surface area contributed by atoms with Crippen LogP contribution in [0.1, 0.15) is 27.7 Å². The first kappa shape index (κ1) is 24.0. The van der Waals surface area contributed by atoms with Crippen LogP contribution in [0.25, 0.3) is 0 Å². The summed E-state index contributed by atoms with van der Waals surface area (Å²) in [4.78, 5) is 34.2. The molecule has 0 aliphatic rings. The summed E-state index contributed by atoms with van der Waals surface area (Å²) < 4.78 is 0. The van der Waals surface area contributed by atoms with E-state index in [0.29, 0.717) is 28.2 Å². The van der Waals surface area contributed by atoms with E-state index in [-0.39, 0.29) is 11.8 Å². The highest BCUT2D eigenvalue weighted by atomic mass is 35.5. The van der Waals surface area contributed by atoms with Crippen LogP contribution < -0.4 is 20.9 Å². The number of carbonyl (C=O) groups is 2. The molecule has 1 heterocycles. The van der Waals surface area contributed by atoms with E-state index in [1.54, 1.807) is 18.0 Å².